The molecular formula is C15H15NO4S. The zero-order valence-corrected chi connectivity index (χ0v) is 12.1. The number of benzene rings is 1. The summed E-state index contributed by atoms with van der Waals surface area (Å²) >= 11 is 1.48. The zero-order chi connectivity index (χ0) is 14.7. The van der Waals surface area contributed by atoms with Gasteiger partial charge in [0.1, 0.15) is 0 Å². The van der Waals surface area contributed by atoms with Crippen LogP contribution in [0.4, 0.5) is 0 Å². The number of hydrogen-bond donors (Lipinski definition) is 2. The topological polar surface area (TPSA) is 67.8 Å². The van der Waals surface area contributed by atoms with Crippen LogP contribution in [0.25, 0.3) is 0 Å². The highest BCUT2D eigenvalue weighted by atomic mass is 32.1. The molecule has 21 heavy (non-hydrogen) atoms. The number of hydrogen-bond acceptors (Lipinski definition) is 5. The number of rotatable bonds is 5. The third kappa shape index (κ3) is 3.17. The van der Waals surface area contributed by atoms with Crippen LogP contribution in [-0.4, -0.2) is 24.4 Å². The lowest BCUT2D eigenvalue weighted by molar-refractivity contribution is 0.0943. The zero-order valence-electron chi connectivity index (χ0n) is 11.2. The first-order chi connectivity index (χ1) is 10.2. The third-order valence-electron chi connectivity index (χ3n) is 3.27. The van der Waals surface area contributed by atoms with E-state index in [1.807, 2.05) is 5.38 Å². The van der Waals surface area contributed by atoms with Gasteiger partial charge in [-0.2, -0.15) is 11.3 Å². The van der Waals surface area contributed by atoms with Gasteiger partial charge in [0.05, 0.1) is 6.10 Å². The van der Waals surface area contributed by atoms with Crippen LogP contribution in [-0.2, 0) is 0 Å². The van der Waals surface area contributed by atoms with E-state index < -0.39 is 6.10 Å². The minimum absolute atomic E-state index is 0.117. The van der Waals surface area contributed by atoms with E-state index in [1.165, 1.54) is 11.3 Å². The number of nitrogens with one attached hydrogen (secondary N) is 1. The van der Waals surface area contributed by atoms with E-state index in [9.17, 15) is 9.90 Å². The molecule has 0 bridgehead atoms. The summed E-state index contributed by atoms with van der Waals surface area (Å²) in [5.74, 6) is 1.22. The Morgan fingerprint density at radius 2 is 2.19 bits per heavy atom. The summed E-state index contributed by atoms with van der Waals surface area (Å²) in [6.45, 7) is 0.621. The predicted octanol–water partition coefficient (Wildman–Crippen LogP) is 2.33. The molecule has 2 N–H and O–H groups in total. The van der Waals surface area contributed by atoms with Gasteiger partial charge in [-0.3, -0.25) is 4.79 Å². The molecule has 6 heteroatoms. The largest absolute Gasteiger partial charge is 0.454 e. The minimum atomic E-state index is -0.651. The highest BCUT2D eigenvalue weighted by Gasteiger charge is 2.16. The van der Waals surface area contributed by atoms with Crippen molar-refractivity contribution in [3.8, 4) is 11.5 Å². The highest BCUT2D eigenvalue weighted by Crippen LogP contribution is 2.34. The number of aliphatic hydroxyl groups excluding tert-OH is 1. The van der Waals surface area contributed by atoms with Gasteiger partial charge in [-0.15, -0.1) is 0 Å². The number of thiophene rings is 1. The van der Waals surface area contributed by atoms with Gasteiger partial charge in [0.2, 0.25) is 6.79 Å². The Labute approximate surface area is 126 Å². The fraction of sp³-hybridized carbons (Fsp3) is 0.267. The second-order valence-corrected chi connectivity index (χ2v) is 5.47. The first-order valence-corrected chi connectivity index (χ1v) is 7.56. The molecule has 1 aromatic heterocycles. The van der Waals surface area contributed by atoms with E-state index in [0.29, 0.717) is 30.0 Å². The van der Waals surface area contributed by atoms with Crippen LogP contribution >= 0.6 is 11.3 Å². The monoisotopic (exact) mass is 305 g/mol. The molecule has 3 rings (SSSR count). The SMILES string of the molecule is O=C(NCCC(O)c1ccc2c(c1)OCO2)c1ccsc1. The van der Waals surface area contributed by atoms with Gasteiger partial charge in [-0.25, -0.2) is 0 Å². The molecule has 0 spiro atoms. The molecule has 1 unspecified atom stereocenters. The van der Waals surface area contributed by atoms with Crippen molar-refractivity contribution in [3.63, 3.8) is 0 Å². The predicted molar refractivity (Wildman–Crippen MR) is 78.8 cm³/mol. The van der Waals surface area contributed by atoms with Crippen LogP contribution in [0.5, 0.6) is 11.5 Å². The van der Waals surface area contributed by atoms with Crippen molar-refractivity contribution in [1.82, 2.24) is 5.32 Å². The number of aliphatic hydroxyl groups is 1. The van der Waals surface area contributed by atoms with Gasteiger partial charge in [0, 0.05) is 17.5 Å². The van der Waals surface area contributed by atoms with E-state index in [-0.39, 0.29) is 12.7 Å². The number of fused-ring (bicyclic) bond motifs is 1. The van der Waals surface area contributed by atoms with E-state index in [1.54, 1.807) is 29.6 Å². The molecule has 1 aliphatic heterocycles. The van der Waals surface area contributed by atoms with Crippen LogP contribution in [0.2, 0.25) is 0 Å². The maximum absolute atomic E-state index is 11.8. The first-order valence-electron chi connectivity index (χ1n) is 6.62. The third-order valence-corrected chi connectivity index (χ3v) is 3.95. The Kier molecular flexibility index (Phi) is 4.08. The molecule has 0 aliphatic carbocycles. The van der Waals surface area contributed by atoms with Crippen molar-refractivity contribution in [1.29, 1.82) is 0 Å². The van der Waals surface area contributed by atoms with Crippen LogP contribution in [0, 0.1) is 0 Å². The molecule has 5 nitrogen and oxygen atoms in total. The summed E-state index contributed by atoms with van der Waals surface area (Å²) in [6, 6.07) is 7.13. The van der Waals surface area contributed by atoms with Crippen molar-refractivity contribution in [3.05, 3.63) is 46.2 Å². The Hall–Kier alpha value is -2.05. The first kappa shape index (κ1) is 13.9. The molecule has 0 saturated heterocycles. The fourth-order valence-electron chi connectivity index (χ4n) is 2.11. The summed E-state index contributed by atoms with van der Waals surface area (Å²) < 4.78 is 10.5. The fourth-order valence-corrected chi connectivity index (χ4v) is 2.74. The van der Waals surface area contributed by atoms with Gasteiger partial charge in [0.25, 0.3) is 5.91 Å². The van der Waals surface area contributed by atoms with Crippen molar-refractivity contribution < 1.29 is 19.4 Å². The second-order valence-electron chi connectivity index (χ2n) is 4.69. The maximum Gasteiger partial charge on any atom is 0.252 e. The molecule has 1 atom stereocenters. The summed E-state index contributed by atoms with van der Waals surface area (Å²) in [5.41, 5.74) is 1.40. The summed E-state index contributed by atoms with van der Waals surface area (Å²) in [5, 5.41) is 16.6. The van der Waals surface area contributed by atoms with Gasteiger partial charge >= 0.3 is 0 Å². The number of carbonyl (C=O) groups excluding carboxylic acids is 1. The second kappa shape index (κ2) is 6.15. The van der Waals surface area contributed by atoms with Crippen LogP contribution < -0.4 is 14.8 Å². The van der Waals surface area contributed by atoms with E-state index in [0.717, 1.165) is 5.56 Å². The average Bonchev–Trinajstić information content (AvgIpc) is 3.17. The van der Waals surface area contributed by atoms with E-state index in [4.69, 9.17) is 9.47 Å². The van der Waals surface area contributed by atoms with Gasteiger partial charge in [-0.05, 0) is 35.6 Å². The molecule has 1 aromatic carbocycles. The molecule has 110 valence electrons. The molecule has 0 saturated carbocycles. The molecule has 2 aromatic rings. The molecule has 0 fully saturated rings. The normalized spacial score (nSPS) is 14.0. The van der Waals surface area contributed by atoms with Crippen LogP contribution in [0.1, 0.15) is 28.4 Å². The number of carbonyl (C=O) groups is 1. The van der Waals surface area contributed by atoms with Crippen LogP contribution in [0.15, 0.2) is 35.0 Å². The Bertz CT molecular complexity index is 627. The summed E-state index contributed by atoms with van der Waals surface area (Å²) in [6.07, 6.45) is -0.211. The molecule has 0 radical (unpaired) electrons. The lowest BCUT2D eigenvalue weighted by atomic mass is 10.1. The average molecular weight is 305 g/mol. The number of amides is 1. The van der Waals surface area contributed by atoms with Crippen LogP contribution in [0.3, 0.4) is 0 Å². The molecule has 1 aliphatic rings. The van der Waals surface area contributed by atoms with Gasteiger partial charge in [0.15, 0.2) is 11.5 Å². The molecule has 2 heterocycles. The highest BCUT2D eigenvalue weighted by molar-refractivity contribution is 7.08. The lowest BCUT2D eigenvalue weighted by Crippen LogP contribution is -2.25. The van der Waals surface area contributed by atoms with Crippen molar-refractivity contribution in [2.45, 2.75) is 12.5 Å². The minimum Gasteiger partial charge on any atom is -0.454 e. The van der Waals surface area contributed by atoms with Gasteiger partial charge < -0.3 is 19.9 Å². The van der Waals surface area contributed by atoms with E-state index >= 15 is 0 Å². The summed E-state index contributed by atoms with van der Waals surface area (Å²) in [7, 11) is 0. The standard InChI is InChI=1S/C15H15NO4S/c17-12(3-5-16-15(18)11-4-6-21-8-11)10-1-2-13-14(7-10)20-9-19-13/h1-2,4,6-8,12,17H,3,5,9H2,(H,16,18). The van der Waals surface area contributed by atoms with E-state index in [2.05, 4.69) is 5.32 Å². The summed E-state index contributed by atoms with van der Waals surface area (Å²) in [4.78, 5) is 11.8. The smallest absolute Gasteiger partial charge is 0.252 e. The maximum atomic E-state index is 11.8. The lowest BCUT2D eigenvalue weighted by Gasteiger charge is -2.12. The van der Waals surface area contributed by atoms with Crippen molar-refractivity contribution in [2.75, 3.05) is 13.3 Å². The van der Waals surface area contributed by atoms with Gasteiger partial charge in [-0.1, -0.05) is 6.07 Å². The Morgan fingerprint density at radius 3 is 3.00 bits per heavy atom. The van der Waals surface area contributed by atoms with Crippen molar-refractivity contribution in [2.24, 2.45) is 0 Å². The quantitative estimate of drug-likeness (QED) is 0.889. The van der Waals surface area contributed by atoms with Crippen molar-refractivity contribution >= 4 is 17.2 Å². The number of ether oxygens (including phenoxy) is 2. The molecular weight excluding hydrogens is 290 g/mol. The Morgan fingerprint density at radius 1 is 1.33 bits per heavy atom. The Balaban J connectivity index is 1.52. The molecule has 1 amide bonds.